The summed E-state index contributed by atoms with van der Waals surface area (Å²) in [7, 11) is 0. The van der Waals surface area contributed by atoms with Gasteiger partial charge in [-0.05, 0) is 47.6 Å². The zero-order valence-corrected chi connectivity index (χ0v) is 13.3. The zero-order chi connectivity index (χ0) is 15.3. The van der Waals surface area contributed by atoms with Crippen LogP contribution in [0.15, 0.2) is 85.0 Å². The maximum absolute atomic E-state index is 2.51. The lowest BCUT2D eigenvalue weighted by molar-refractivity contribution is 0.330. The fourth-order valence-electron chi connectivity index (χ4n) is 5.74. The van der Waals surface area contributed by atoms with Gasteiger partial charge in [-0.15, -0.1) is 0 Å². The van der Waals surface area contributed by atoms with Crippen molar-refractivity contribution in [3.05, 3.63) is 96.1 Å². The standard InChI is InChI=1S/C23H22/c1-3-9-17(10-4-1)20-15-19-16-21(18-11-5-2-6-12-18)22(20)23(19)13-7-8-14-23/h1-14,19-22H,15-16H2. The minimum absolute atomic E-state index is 0.307. The van der Waals surface area contributed by atoms with Crippen molar-refractivity contribution in [1.29, 1.82) is 0 Å². The minimum atomic E-state index is 0.307. The molecule has 3 aliphatic rings. The average molecular weight is 298 g/mol. The Morgan fingerprint density at radius 2 is 1.13 bits per heavy atom. The molecule has 23 heavy (non-hydrogen) atoms. The summed E-state index contributed by atoms with van der Waals surface area (Å²) < 4.78 is 0. The molecule has 0 nitrogen and oxygen atoms in total. The Morgan fingerprint density at radius 1 is 0.652 bits per heavy atom. The third-order valence-electron chi connectivity index (χ3n) is 6.56. The summed E-state index contributed by atoms with van der Waals surface area (Å²) in [5.74, 6) is 2.87. The summed E-state index contributed by atoms with van der Waals surface area (Å²) in [5, 5.41) is 0. The third kappa shape index (κ3) is 1.84. The van der Waals surface area contributed by atoms with Crippen LogP contribution in [0, 0.1) is 17.3 Å². The van der Waals surface area contributed by atoms with Gasteiger partial charge in [0.1, 0.15) is 0 Å². The monoisotopic (exact) mass is 298 g/mol. The summed E-state index contributed by atoms with van der Waals surface area (Å²) in [6.07, 6.45) is 12.3. The van der Waals surface area contributed by atoms with Gasteiger partial charge in [-0.3, -0.25) is 0 Å². The molecule has 1 spiro atoms. The highest BCUT2D eigenvalue weighted by Gasteiger charge is 2.61. The van der Waals surface area contributed by atoms with E-state index in [4.69, 9.17) is 0 Å². The van der Waals surface area contributed by atoms with Crippen LogP contribution in [-0.2, 0) is 0 Å². The molecule has 0 radical (unpaired) electrons. The van der Waals surface area contributed by atoms with Gasteiger partial charge >= 0.3 is 0 Å². The molecule has 2 aromatic carbocycles. The normalized spacial score (nSPS) is 32.9. The maximum atomic E-state index is 2.51. The van der Waals surface area contributed by atoms with Crippen LogP contribution in [0.25, 0.3) is 0 Å². The molecule has 2 bridgehead atoms. The molecule has 114 valence electrons. The highest BCUT2D eigenvalue weighted by atomic mass is 14.6. The number of allylic oxidation sites excluding steroid dienone is 4. The third-order valence-corrected chi connectivity index (χ3v) is 6.56. The molecular formula is C23H22. The van der Waals surface area contributed by atoms with Crippen LogP contribution in [0.3, 0.4) is 0 Å². The molecule has 0 N–H and O–H groups in total. The lowest BCUT2D eigenvalue weighted by atomic mass is 9.70. The van der Waals surface area contributed by atoms with Crippen LogP contribution in [0.5, 0.6) is 0 Å². The fourth-order valence-corrected chi connectivity index (χ4v) is 5.74. The van der Waals surface area contributed by atoms with Gasteiger partial charge in [-0.1, -0.05) is 85.0 Å². The van der Waals surface area contributed by atoms with Crippen LogP contribution < -0.4 is 0 Å². The SMILES string of the molecule is C1=CC2(C=C1)C1CC(c3ccccc3)C2C(c2ccccc2)C1. The van der Waals surface area contributed by atoms with Gasteiger partial charge in [0.15, 0.2) is 0 Å². The fraction of sp³-hybridized carbons (Fsp3) is 0.304. The molecule has 5 rings (SSSR count). The van der Waals surface area contributed by atoms with Gasteiger partial charge < -0.3 is 0 Å². The van der Waals surface area contributed by atoms with E-state index in [9.17, 15) is 0 Å². The van der Waals surface area contributed by atoms with E-state index in [1.165, 1.54) is 24.0 Å². The molecular weight excluding hydrogens is 276 g/mol. The highest BCUT2D eigenvalue weighted by Crippen LogP contribution is 2.70. The quantitative estimate of drug-likeness (QED) is 0.666. The second-order valence-corrected chi connectivity index (χ2v) is 7.45. The van der Waals surface area contributed by atoms with E-state index in [2.05, 4.69) is 85.0 Å². The minimum Gasteiger partial charge on any atom is -0.0739 e. The van der Waals surface area contributed by atoms with Crippen molar-refractivity contribution in [1.82, 2.24) is 0 Å². The molecule has 0 aromatic heterocycles. The Hall–Kier alpha value is -2.08. The van der Waals surface area contributed by atoms with Gasteiger partial charge in [0.05, 0.1) is 0 Å². The average Bonchev–Trinajstić information content (AvgIpc) is 3.32. The highest BCUT2D eigenvalue weighted by molar-refractivity contribution is 5.41. The number of hydrogen-bond acceptors (Lipinski definition) is 0. The maximum Gasteiger partial charge on any atom is 0.0136 e. The smallest absolute Gasteiger partial charge is 0.0136 e. The van der Waals surface area contributed by atoms with E-state index in [0.29, 0.717) is 23.2 Å². The summed E-state index contributed by atoms with van der Waals surface area (Å²) in [6, 6.07) is 22.4. The lowest BCUT2D eigenvalue weighted by Crippen LogP contribution is -2.24. The molecule has 2 saturated carbocycles. The predicted octanol–water partition coefficient (Wildman–Crippen LogP) is 5.71. The van der Waals surface area contributed by atoms with E-state index in [1.54, 1.807) is 0 Å². The topological polar surface area (TPSA) is 0 Å². The number of rotatable bonds is 2. The molecule has 0 heteroatoms. The van der Waals surface area contributed by atoms with Crippen molar-refractivity contribution in [2.75, 3.05) is 0 Å². The molecule has 2 aromatic rings. The van der Waals surface area contributed by atoms with Crippen molar-refractivity contribution in [3.8, 4) is 0 Å². The van der Waals surface area contributed by atoms with Gasteiger partial charge in [0.25, 0.3) is 0 Å². The van der Waals surface area contributed by atoms with Crippen LogP contribution in [0.2, 0.25) is 0 Å². The van der Waals surface area contributed by atoms with Crippen molar-refractivity contribution in [2.24, 2.45) is 17.3 Å². The first-order valence-corrected chi connectivity index (χ1v) is 8.85. The van der Waals surface area contributed by atoms with Crippen LogP contribution in [0.4, 0.5) is 0 Å². The van der Waals surface area contributed by atoms with Crippen molar-refractivity contribution < 1.29 is 0 Å². The summed E-state index contributed by atoms with van der Waals surface area (Å²) >= 11 is 0. The van der Waals surface area contributed by atoms with Gasteiger partial charge in [-0.25, -0.2) is 0 Å². The summed E-state index contributed by atoms with van der Waals surface area (Å²) in [4.78, 5) is 0. The molecule has 0 saturated heterocycles. The van der Waals surface area contributed by atoms with E-state index in [-0.39, 0.29) is 0 Å². The van der Waals surface area contributed by atoms with E-state index < -0.39 is 0 Å². The van der Waals surface area contributed by atoms with Gasteiger partial charge in [0, 0.05) is 5.41 Å². The molecule has 0 aliphatic heterocycles. The molecule has 2 atom stereocenters. The Kier molecular flexibility index (Phi) is 2.88. The van der Waals surface area contributed by atoms with Crippen LogP contribution in [0.1, 0.15) is 35.8 Å². The van der Waals surface area contributed by atoms with E-state index in [1.807, 2.05) is 0 Å². The molecule has 0 heterocycles. The Morgan fingerprint density at radius 3 is 1.61 bits per heavy atom. The Bertz CT molecular complexity index is 692. The number of hydrogen-bond donors (Lipinski definition) is 0. The molecule has 2 fully saturated rings. The first-order valence-electron chi connectivity index (χ1n) is 8.85. The van der Waals surface area contributed by atoms with Crippen LogP contribution >= 0.6 is 0 Å². The zero-order valence-electron chi connectivity index (χ0n) is 13.3. The second kappa shape index (κ2) is 4.96. The Balaban J connectivity index is 1.61. The number of benzene rings is 2. The summed E-state index contributed by atoms with van der Waals surface area (Å²) in [6.45, 7) is 0. The lowest BCUT2D eigenvalue weighted by Gasteiger charge is -2.33. The first-order chi connectivity index (χ1) is 11.4. The molecule has 3 aliphatic carbocycles. The van der Waals surface area contributed by atoms with Crippen molar-refractivity contribution >= 4 is 0 Å². The largest absolute Gasteiger partial charge is 0.0739 e. The summed E-state index contributed by atoms with van der Waals surface area (Å²) in [5.41, 5.74) is 3.38. The second-order valence-electron chi connectivity index (χ2n) is 7.45. The first kappa shape index (κ1) is 13.4. The van der Waals surface area contributed by atoms with Crippen molar-refractivity contribution in [3.63, 3.8) is 0 Å². The van der Waals surface area contributed by atoms with Gasteiger partial charge in [0.2, 0.25) is 0 Å². The van der Waals surface area contributed by atoms with E-state index >= 15 is 0 Å². The van der Waals surface area contributed by atoms with Crippen molar-refractivity contribution in [2.45, 2.75) is 24.7 Å². The molecule has 2 unspecified atom stereocenters. The predicted molar refractivity (Wildman–Crippen MR) is 95.3 cm³/mol. The van der Waals surface area contributed by atoms with Crippen LogP contribution in [-0.4, -0.2) is 0 Å². The van der Waals surface area contributed by atoms with Gasteiger partial charge in [-0.2, -0.15) is 0 Å². The molecule has 0 amide bonds. The van der Waals surface area contributed by atoms with E-state index in [0.717, 1.165) is 5.92 Å². The Labute approximate surface area is 138 Å².